The number of hydrogen-bond donors (Lipinski definition) is 2. The quantitative estimate of drug-likeness (QED) is 0.669. The van der Waals surface area contributed by atoms with Crippen molar-refractivity contribution in [2.45, 2.75) is 13.2 Å². The van der Waals surface area contributed by atoms with E-state index in [9.17, 15) is 4.79 Å². The number of methoxy groups -OCH3 is 1. The van der Waals surface area contributed by atoms with Crippen molar-refractivity contribution in [2.24, 2.45) is 0 Å². The SMILES string of the molecule is COC(CO)n1cc(C)c(N)nc1=O. The van der Waals surface area contributed by atoms with Crippen LogP contribution in [0.25, 0.3) is 0 Å². The molecule has 1 aromatic rings. The number of nitrogens with zero attached hydrogens (tertiary/aromatic N) is 2. The number of hydrogen-bond acceptors (Lipinski definition) is 5. The van der Waals surface area contributed by atoms with Gasteiger partial charge < -0.3 is 15.6 Å². The van der Waals surface area contributed by atoms with Crippen LogP contribution in [0.4, 0.5) is 5.82 Å². The molecule has 0 aliphatic carbocycles. The van der Waals surface area contributed by atoms with E-state index in [4.69, 9.17) is 15.6 Å². The van der Waals surface area contributed by atoms with Gasteiger partial charge in [0.15, 0.2) is 6.23 Å². The second-order valence-electron chi connectivity index (χ2n) is 2.87. The lowest BCUT2D eigenvalue weighted by Gasteiger charge is -2.15. The van der Waals surface area contributed by atoms with Crippen molar-refractivity contribution in [1.82, 2.24) is 9.55 Å². The van der Waals surface area contributed by atoms with E-state index >= 15 is 0 Å². The molecule has 0 bridgehead atoms. The van der Waals surface area contributed by atoms with Crippen LogP contribution in [0.15, 0.2) is 11.0 Å². The highest BCUT2D eigenvalue weighted by molar-refractivity contribution is 5.35. The highest BCUT2D eigenvalue weighted by Crippen LogP contribution is 2.07. The normalized spacial score (nSPS) is 12.8. The van der Waals surface area contributed by atoms with Gasteiger partial charge in [-0.1, -0.05) is 0 Å². The zero-order valence-electron chi connectivity index (χ0n) is 8.10. The summed E-state index contributed by atoms with van der Waals surface area (Å²) < 4.78 is 6.09. The van der Waals surface area contributed by atoms with Crippen molar-refractivity contribution < 1.29 is 9.84 Å². The van der Waals surface area contributed by atoms with Gasteiger partial charge in [0.05, 0.1) is 6.61 Å². The van der Waals surface area contributed by atoms with E-state index in [1.165, 1.54) is 17.9 Å². The fourth-order valence-corrected chi connectivity index (χ4v) is 1.06. The second kappa shape index (κ2) is 4.21. The molecule has 0 fully saturated rings. The molecule has 6 heteroatoms. The first kappa shape index (κ1) is 10.7. The Labute approximate surface area is 80.9 Å². The standard InChI is InChI=1S/C8H13N3O3/c1-5-3-11(6(4-12)14-2)8(13)10-7(5)9/h3,6,12H,4H2,1-2H3,(H2,9,10,13). The summed E-state index contributed by atoms with van der Waals surface area (Å²) in [6.45, 7) is 1.43. The number of nitrogen functional groups attached to an aromatic ring is 1. The number of ether oxygens (including phenoxy) is 1. The van der Waals surface area contributed by atoms with E-state index in [0.717, 1.165) is 0 Å². The molecule has 3 N–H and O–H groups in total. The third kappa shape index (κ3) is 1.91. The Hall–Kier alpha value is -1.40. The summed E-state index contributed by atoms with van der Waals surface area (Å²) in [5.74, 6) is 0.194. The van der Waals surface area contributed by atoms with Crippen molar-refractivity contribution in [3.63, 3.8) is 0 Å². The van der Waals surface area contributed by atoms with Gasteiger partial charge in [0.25, 0.3) is 0 Å². The molecule has 0 aliphatic heterocycles. The van der Waals surface area contributed by atoms with Gasteiger partial charge in [-0.05, 0) is 6.92 Å². The summed E-state index contributed by atoms with van der Waals surface area (Å²) in [5, 5.41) is 8.92. The van der Waals surface area contributed by atoms with Crippen molar-refractivity contribution in [1.29, 1.82) is 0 Å². The molecule has 0 saturated heterocycles. The predicted molar refractivity (Wildman–Crippen MR) is 50.8 cm³/mol. The number of rotatable bonds is 3. The Morgan fingerprint density at radius 2 is 2.43 bits per heavy atom. The number of aryl methyl sites for hydroxylation is 1. The average Bonchev–Trinajstić information content (AvgIpc) is 2.15. The Morgan fingerprint density at radius 3 is 2.93 bits per heavy atom. The van der Waals surface area contributed by atoms with Crippen LogP contribution in [-0.2, 0) is 4.74 Å². The molecule has 14 heavy (non-hydrogen) atoms. The maximum atomic E-state index is 11.3. The minimum Gasteiger partial charge on any atom is -0.392 e. The minimum atomic E-state index is -0.714. The van der Waals surface area contributed by atoms with Crippen LogP contribution in [0.3, 0.4) is 0 Å². The highest BCUT2D eigenvalue weighted by Gasteiger charge is 2.11. The Kier molecular flexibility index (Phi) is 3.21. The number of nitrogens with two attached hydrogens (primary N) is 1. The van der Waals surface area contributed by atoms with Crippen LogP contribution < -0.4 is 11.4 Å². The van der Waals surface area contributed by atoms with Gasteiger partial charge in [-0.2, -0.15) is 4.98 Å². The average molecular weight is 199 g/mol. The number of aliphatic hydroxyl groups excluding tert-OH is 1. The van der Waals surface area contributed by atoms with Gasteiger partial charge in [0, 0.05) is 18.9 Å². The van der Waals surface area contributed by atoms with Crippen LogP contribution >= 0.6 is 0 Å². The molecule has 0 radical (unpaired) electrons. The Morgan fingerprint density at radius 1 is 1.79 bits per heavy atom. The summed E-state index contributed by atoms with van der Waals surface area (Å²) in [4.78, 5) is 14.9. The van der Waals surface area contributed by atoms with E-state index in [1.54, 1.807) is 6.92 Å². The van der Waals surface area contributed by atoms with Gasteiger partial charge in [-0.25, -0.2) is 4.79 Å². The fraction of sp³-hybridized carbons (Fsp3) is 0.500. The summed E-state index contributed by atoms with van der Waals surface area (Å²) in [6, 6.07) is 0. The second-order valence-corrected chi connectivity index (χ2v) is 2.87. The number of aliphatic hydroxyl groups is 1. The van der Waals surface area contributed by atoms with E-state index in [-0.39, 0.29) is 12.4 Å². The molecule has 0 saturated carbocycles. The zero-order chi connectivity index (χ0) is 10.7. The molecule has 1 atom stereocenters. The maximum absolute atomic E-state index is 11.3. The van der Waals surface area contributed by atoms with Gasteiger partial charge in [-0.15, -0.1) is 0 Å². The van der Waals surface area contributed by atoms with E-state index in [0.29, 0.717) is 5.56 Å². The van der Waals surface area contributed by atoms with Crippen LogP contribution in [0.2, 0.25) is 0 Å². The van der Waals surface area contributed by atoms with Gasteiger partial charge in [-0.3, -0.25) is 4.57 Å². The summed E-state index contributed by atoms with van der Waals surface area (Å²) >= 11 is 0. The molecule has 1 rings (SSSR count). The van der Waals surface area contributed by atoms with Crippen molar-refractivity contribution in [3.8, 4) is 0 Å². The van der Waals surface area contributed by atoms with Crippen LogP contribution in [0.1, 0.15) is 11.8 Å². The largest absolute Gasteiger partial charge is 0.392 e. The van der Waals surface area contributed by atoms with Crippen molar-refractivity contribution in [3.05, 3.63) is 22.2 Å². The lowest BCUT2D eigenvalue weighted by molar-refractivity contribution is -0.00586. The van der Waals surface area contributed by atoms with Crippen molar-refractivity contribution >= 4 is 5.82 Å². The van der Waals surface area contributed by atoms with Gasteiger partial charge in [0.2, 0.25) is 0 Å². The lowest BCUT2D eigenvalue weighted by Crippen LogP contribution is -2.30. The third-order valence-corrected chi connectivity index (χ3v) is 1.91. The molecule has 0 aliphatic rings. The number of aromatic nitrogens is 2. The molecule has 0 amide bonds. The lowest BCUT2D eigenvalue weighted by atomic mass is 10.3. The molecule has 1 unspecified atom stereocenters. The summed E-state index contributed by atoms with van der Waals surface area (Å²) in [5.41, 5.74) is 5.58. The van der Waals surface area contributed by atoms with Gasteiger partial charge >= 0.3 is 5.69 Å². The zero-order valence-corrected chi connectivity index (χ0v) is 8.10. The topological polar surface area (TPSA) is 90.4 Å². The highest BCUT2D eigenvalue weighted by atomic mass is 16.5. The molecule has 0 spiro atoms. The molecule has 6 nitrogen and oxygen atoms in total. The number of anilines is 1. The van der Waals surface area contributed by atoms with E-state index < -0.39 is 11.9 Å². The first-order valence-electron chi connectivity index (χ1n) is 4.09. The molecular weight excluding hydrogens is 186 g/mol. The predicted octanol–water partition coefficient (Wildman–Crippen LogP) is -0.729. The van der Waals surface area contributed by atoms with Gasteiger partial charge in [0.1, 0.15) is 5.82 Å². The maximum Gasteiger partial charge on any atom is 0.351 e. The van der Waals surface area contributed by atoms with Crippen LogP contribution in [0.5, 0.6) is 0 Å². The molecule has 1 heterocycles. The van der Waals surface area contributed by atoms with E-state index in [1.807, 2.05) is 0 Å². The summed E-state index contributed by atoms with van der Waals surface area (Å²) in [7, 11) is 1.40. The Balaban J connectivity index is 3.21. The first-order valence-corrected chi connectivity index (χ1v) is 4.09. The molecule has 78 valence electrons. The fourth-order valence-electron chi connectivity index (χ4n) is 1.06. The Bertz CT molecular complexity index is 371. The van der Waals surface area contributed by atoms with E-state index in [2.05, 4.69) is 4.98 Å². The molecule has 1 aromatic heterocycles. The van der Waals surface area contributed by atoms with Crippen LogP contribution in [0, 0.1) is 6.92 Å². The third-order valence-electron chi connectivity index (χ3n) is 1.91. The summed E-state index contributed by atoms with van der Waals surface area (Å²) in [6.07, 6.45) is 0.795. The van der Waals surface area contributed by atoms with Crippen LogP contribution in [-0.4, -0.2) is 28.4 Å². The minimum absolute atomic E-state index is 0.194. The smallest absolute Gasteiger partial charge is 0.351 e. The first-order chi connectivity index (χ1) is 6.60. The molecule has 0 aromatic carbocycles. The monoisotopic (exact) mass is 199 g/mol. The van der Waals surface area contributed by atoms with Crippen molar-refractivity contribution in [2.75, 3.05) is 19.5 Å². The molecular formula is C8H13N3O3.